The molecule has 8 nitrogen and oxygen atoms in total. The van der Waals surface area contributed by atoms with Crippen LogP contribution in [0.4, 0.5) is 14.9 Å². The molecule has 154 valence electrons. The van der Waals surface area contributed by atoms with Crippen molar-refractivity contribution in [1.82, 2.24) is 14.7 Å². The van der Waals surface area contributed by atoms with Gasteiger partial charge in [0.05, 0.1) is 19.5 Å². The maximum atomic E-state index is 13.8. The largest absolute Gasteiger partial charge is 0.494 e. The van der Waals surface area contributed by atoms with Crippen LogP contribution in [0.2, 0.25) is 0 Å². The van der Waals surface area contributed by atoms with E-state index in [0.29, 0.717) is 37.9 Å². The van der Waals surface area contributed by atoms with Gasteiger partial charge in [-0.2, -0.15) is 0 Å². The minimum absolute atomic E-state index is 0.147. The van der Waals surface area contributed by atoms with Crippen molar-refractivity contribution < 1.29 is 13.9 Å². The monoisotopic (exact) mass is 400 g/mol. The van der Waals surface area contributed by atoms with Crippen LogP contribution in [0.25, 0.3) is 0 Å². The average molecular weight is 400 g/mol. The van der Waals surface area contributed by atoms with Crippen LogP contribution in [0.15, 0.2) is 40.1 Å². The number of fused-ring (bicyclic) bond motifs is 1. The molecule has 9 heteroatoms. The molecule has 0 aliphatic carbocycles. The van der Waals surface area contributed by atoms with Gasteiger partial charge in [-0.3, -0.25) is 4.99 Å². The van der Waals surface area contributed by atoms with E-state index in [0.717, 1.165) is 24.6 Å². The van der Waals surface area contributed by atoms with E-state index >= 15 is 0 Å². The smallest absolute Gasteiger partial charge is 0.321 e. The molecule has 1 aromatic rings. The van der Waals surface area contributed by atoms with E-state index in [1.54, 1.807) is 11.0 Å². The third-order valence-electron chi connectivity index (χ3n) is 5.37. The highest BCUT2D eigenvalue weighted by Crippen LogP contribution is 2.22. The summed E-state index contributed by atoms with van der Waals surface area (Å²) in [6.45, 7) is 5.50. The number of urea groups is 1. The summed E-state index contributed by atoms with van der Waals surface area (Å²) in [6.07, 6.45) is 4.88. The lowest BCUT2D eigenvalue weighted by molar-refractivity contribution is 0.167. The van der Waals surface area contributed by atoms with Crippen molar-refractivity contribution in [2.24, 2.45) is 9.98 Å². The lowest BCUT2D eigenvalue weighted by Gasteiger charge is -2.36. The van der Waals surface area contributed by atoms with Crippen LogP contribution in [0.3, 0.4) is 0 Å². The van der Waals surface area contributed by atoms with Gasteiger partial charge < -0.3 is 24.8 Å². The number of carbonyl (C=O) groups is 1. The number of hydrogen-bond acceptors (Lipinski definition) is 6. The van der Waals surface area contributed by atoms with Gasteiger partial charge in [0.25, 0.3) is 0 Å². The number of piperazine rings is 1. The highest BCUT2D eigenvalue weighted by Gasteiger charge is 2.28. The van der Waals surface area contributed by atoms with Crippen LogP contribution in [0.1, 0.15) is 13.3 Å². The van der Waals surface area contributed by atoms with E-state index in [9.17, 15) is 9.18 Å². The van der Waals surface area contributed by atoms with Crippen molar-refractivity contribution in [2.45, 2.75) is 19.4 Å². The normalized spacial score (nSPS) is 20.9. The summed E-state index contributed by atoms with van der Waals surface area (Å²) in [5, 5.41) is 2.74. The standard InChI is InChI=1S/C20H25FN6O2/c1-3-14-12-27-13-22-18(11-19(27)23-14)25-6-8-26(9-7-25)20(28)24-15-4-5-17(29-2)16(21)10-15/h4-5,10-11,13-14H,3,6-9,12H2,1-2H3,(H,24,28)/t14-/m0/s1. The number of nitrogens with one attached hydrogen (secondary N) is 1. The summed E-state index contributed by atoms with van der Waals surface area (Å²) >= 11 is 0. The first-order valence-electron chi connectivity index (χ1n) is 9.82. The minimum Gasteiger partial charge on any atom is -0.494 e. The summed E-state index contributed by atoms with van der Waals surface area (Å²) in [5.41, 5.74) is 0.403. The van der Waals surface area contributed by atoms with Gasteiger partial charge in [0.15, 0.2) is 11.6 Å². The van der Waals surface area contributed by atoms with Crippen molar-refractivity contribution in [2.75, 3.05) is 45.2 Å². The Labute approximate surface area is 169 Å². The predicted octanol–water partition coefficient (Wildman–Crippen LogP) is 2.36. The number of methoxy groups -OCH3 is 1. The van der Waals surface area contributed by atoms with Gasteiger partial charge >= 0.3 is 6.03 Å². The third-order valence-corrected chi connectivity index (χ3v) is 5.37. The van der Waals surface area contributed by atoms with Crippen LogP contribution in [0, 0.1) is 5.82 Å². The van der Waals surface area contributed by atoms with Crippen LogP contribution < -0.4 is 10.1 Å². The molecule has 0 saturated carbocycles. The zero-order valence-electron chi connectivity index (χ0n) is 16.6. The average Bonchev–Trinajstić information content (AvgIpc) is 3.16. The van der Waals surface area contributed by atoms with E-state index in [1.807, 2.05) is 12.4 Å². The van der Waals surface area contributed by atoms with Crippen LogP contribution in [0.5, 0.6) is 5.75 Å². The Bertz CT molecular complexity index is 876. The summed E-state index contributed by atoms with van der Waals surface area (Å²) < 4.78 is 18.7. The molecule has 1 N–H and O–H groups in total. The number of rotatable bonds is 4. The highest BCUT2D eigenvalue weighted by molar-refractivity contribution is 6.03. The highest BCUT2D eigenvalue weighted by atomic mass is 19.1. The Morgan fingerprint density at radius 1 is 1.31 bits per heavy atom. The number of benzene rings is 1. The van der Waals surface area contributed by atoms with Crippen LogP contribution in [-0.4, -0.2) is 78.8 Å². The predicted molar refractivity (Wildman–Crippen MR) is 110 cm³/mol. The zero-order chi connectivity index (χ0) is 20.4. The second-order valence-electron chi connectivity index (χ2n) is 7.20. The lowest BCUT2D eigenvalue weighted by atomic mass is 10.2. The molecular weight excluding hydrogens is 375 g/mol. The molecule has 29 heavy (non-hydrogen) atoms. The molecular formula is C20H25FN6O2. The molecule has 1 fully saturated rings. The number of carbonyl (C=O) groups excluding carboxylic acids is 1. The Morgan fingerprint density at radius 3 is 2.79 bits per heavy atom. The van der Waals surface area contributed by atoms with Gasteiger partial charge in [-0.1, -0.05) is 6.92 Å². The van der Waals surface area contributed by atoms with Crippen molar-refractivity contribution in [3.63, 3.8) is 0 Å². The SMILES string of the molecule is CC[C@H]1CN2C=NC(N3CCN(C(=O)Nc4ccc(OC)c(F)c4)CC3)=CC2=N1. The Hall–Kier alpha value is -3.10. The van der Waals surface area contributed by atoms with E-state index in [-0.39, 0.29) is 11.8 Å². The van der Waals surface area contributed by atoms with Gasteiger partial charge in [-0.05, 0) is 18.6 Å². The maximum Gasteiger partial charge on any atom is 0.321 e. The molecule has 0 bridgehead atoms. The van der Waals surface area contributed by atoms with Gasteiger partial charge in [-0.25, -0.2) is 14.2 Å². The molecule has 0 spiro atoms. The first kappa shape index (κ1) is 19.2. The lowest BCUT2D eigenvalue weighted by Crippen LogP contribution is -2.49. The van der Waals surface area contributed by atoms with Gasteiger partial charge in [0.1, 0.15) is 11.7 Å². The van der Waals surface area contributed by atoms with Crippen molar-refractivity contribution in [1.29, 1.82) is 0 Å². The van der Waals surface area contributed by atoms with Crippen LogP contribution >= 0.6 is 0 Å². The fraction of sp³-hybridized carbons (Fsp3) is 0.450. The number of nitrogens with zero attached hydrogens (tertiary/aromatic N) is 5. The second-order valence-corrected chi connectivity index (χ2v) is 7.20. The fourth-order valence-corrected chi connectivity index (χ4v) is 3.61. The fourth-order valence-electron chi connectivity index (χ4n) is 3.61. The molecule has 1 atom stereocenters. The van der Waals surface area contributed by atoms with Crippen molar-refractivity contribution in [3.8, 4) is 5.75 Å². The van der Waals surface area contributed by atoms with Crippen LogP contribution in [-0.2, 0) is 0 Å². The molecule has 1 aromatic carbocycles. The molecule has 0 aromatic heterocycles. The first-order chi connectivity index (χ1) is 14.1. The number of hydrogen-bond donors (Lipinski definition) is 1. The molecule has 0 unspecified atom stereocenters. The molecule has 2 amide bonds. The second kappa shape index (κ2) is 8.10. The van der Waals surface area contributed by atoms with E-state index < -0.39 is 5.82 Å². The summed E-state index contributed by atoms with van der Waals surface area (Å²) in [6, 6.07) is 4.46. The molecule has 3 aliphatic rings. The van der Waals surface area contributed by atoms with E-state index in [1.165, 1.54) is 19.2 Å². The molecule has 4 rings (SSSR count). The molecule has 3 heterocycles. The van der Waals surface area contributed by atoms with Gasteiger partial charge in [-0.15, -0.1) is 0 Å². The van der Waals surface area contributed by atoms with E-state index in [2.05, 4.69) is 27.0 Å². The number of halogens is 1. The summed E-state index contributed by atoms with van der Waals surface area (Å²) in [5.74, 6) is 1.48. The number of amides is 2. The first-order valence-corrected chi connectivity index (χ1v) is 9.82. The Morgan fingerprint density at radius 2 is 2.10 bits per heavy atom. The minimum atomic E-state index is -0.508. The molecule has 1 saturated heterocycles. The van der Waals surface area contributed by atoms with Crippen molar-refractivity contribution in [3.05, 3.63) is 35.9 Å². The maximum absolute atomic E-state index is 13.8. The number of aliphatic imine (C=N–C) groups is 2. The molecule has 3 aliphatic heterocycles. The Kier molecular flexibility index (Phi) is 5.37. The zero-order valence-corrected chi connectivity index (χ0v) is 16.6. The Balaban J connectivity index is 1.33. The summed E-state index contributed by atoms with van der Waals surface area (Å²) in [4.78, 5) is 27.7. The topological polar surface area (TPSA) is 72.8 Å². The number of anilines is 1. The third kappa shape index (κ3) is 4.03. The van der Waals surface area contributed by atoms with Crippen molar-refractivity contribution >= 4 is 23.9 Å². The molecule has 0 radical (unpaired) electrons. The number of ether oxygens (including phenoxy) is 1. The quantitative estimate of drug-likeness (QED) is 0.842. The summed E-state index contributed by atoms with van der Waals surface area (Å²) in [7, 11) is 1.40. The van der Waals surface area contributed by atoms with E-state index in [4.69, 9.17) is 9.73 Å². The van der Waals surface area contributed by atoms with Gasteiger partial charge in [0.2, 0.25) is 0 Å². The van der Waals surface area contributed by atoms with Gasteiger partial charge in [0, 0.05) is 50.6 Å². The number of amidine groups is 1.